The smallest absolute Gasteiger partial charge is 0.131 e. The Labute approximate surface area is 65.5 Å². The van der Waals surface area contributed by atoms with Crippen LogP contribution < -0.4 is 0 Å². The summed E-state index contributed by atoms with van der Waals surface area (Å²) in [7, 11) is 5.21. The summed E-state index contributed by atoms with van der Waals surface area (Å²) in [6.45, 7) is 0. The van der Waals surface area contributed by atoms with E-state index in [2.05, 4.69) is 19.5 Å². The largest absolute Gasteiger partial charge is 0.314 e. The maximum absolute atomic E-state index is 5.50. The van der Waals surface area contributed by atoms with E-state index in [1.54, 1.807) is 0 Å². The molecule has 7 heavy (non-hydrogen) atoms. The lowest BCUT2D eigenvalue weighted by Crippen LogP contribution is -2.37. The Morgan fingerprint density at radius 2 is 1.29 bits per heavy atom. The van der Waals surface area contributed by atoms with E-state index in [0.717, 1.165) is 0 Å². The Kier molecular flexibility index (Phi) is 3.80. The van der Waals surface area contributed by atoms with Gasteiger partial charge in [-0.25, -0.2) is 0 Å². The molecule has 0 aliphatic carbocycles. The predicted octanol–water partition coefficient (Wildman–Crippen LogP) is 0.278. The third-order valence-corrected chi connectivity index (χ3v) is 26.5. The second kappa shape index (κ2) is 3.05. The van der Waals surface area contributed by atoms with E-state index >= 15 is 0 Å². The van der Waals surface area contributed by atoms with Crippen molar-refractivity contribution in [1.82, 2.24) is 0 Å². The van der Waals surface area contributed by atoms with E-state index in [-0.39, 0.29) is 0 Å². The molecule has 0 N–H and O–H groups in total. The Balaban J connectivity index is 3.54. The van der Waals surface area contributed by atoms with E-state index in [0.29, 0.717) is 0 Å². The summed E-state index contributed by atoms with van der Waals surface area (Å²) >= 11 is 16.5. The Hall–Kier alpha value is 1.74. The summed E-state index contributed by atoms with van der Waals surface area (Å²) in [6.07, 6.45) is 0. The summed E-state index contributed by atoms with van der Waals surface area (Å²) < 4.78 is 0. The minimum absolute atomic E-state index is 1.31. The average molecular weight is 220 g/mol. The van der Waals surface area contributed by atoms with E-state index in [1.165, 1.54) is 0 Å². The third-order valence-electron chi connectivity index (χ3n) is 0.327. The molecule has 0 saturated carbocycles. The number of hydrogen-bond donors (Lipinski definition) is 0. The fraction of sp³-hybridized carbons (Fsp3) is 0. The van der Waals surface area contributed by atoms with Crippen molar-refractivity contribution in [3.05, 3.63) is 0 Å². The minimum Gasteiger partial charge on any atom is -0.131 e. The molecule has 0 saturated heterocycles. The van der Waals surface area contributed by atoms with Crippen LogP contribution in [0.25, 0.3) is 0 Å². The second-order valence-electron chi connectivity index (χ2n) is 0.975. The molecule has 0 unspecified atom stereocenters. The van der Waals surface area contributed by atoms with Crippen LogP contribution in [-0.2, 0) is 0 Å². The number of hydrogen-bond acceptors (Lipinski definition) is 0. The lowest BCUT2D eigenvalue weighted by Gasteiger charge is -2.08. The molecule has 0 heterocycles. The Bertz CT molecular complexity index is 52.4. The first-order chi connectivity index (χ1) is 2.94. The molecular formula is HCl3Si4. The summed E-state index contributed by atoms with van der Waals surface area (Å²) in [5.74, 6) is 0. The highest BCUT2D eigenvalue weighted by molar-refractivity contribution is 7.96. The van der Waals surface area contributed by atoms with Crippen LogP contribution in [-0.4, -0.2) is 32.4 Å². The van der Waals surface area contributed by atoms with Crippen molar-refractivity contribution in [2.45, 2.75) is 0 Å². The van der Waals surface area contributed by atoms with Crippen molar-refractivity contribution in [2.75, 3.05) is 0 Å². The first-order valence-electron chi connectivity index (χ1n) is 1.43. The molecule has 0 bridgehead atoms. The van der Waals surface area contributed by atoms with Crippen LogP contribution in [0.3, 0.4) is 0 Å². The minimum atomic E-state index is -2.35. The summed E-state index contributed by atoms with van der Waals surface area (Å²) in [6, 6.07) is 0. The lowest BCUT2D eigenvalue weighted by atomic mass is 26.3. The van der Waals surface area contributed by atoms with Gasteiger partial charge in [-0.15, -0.1) is 33.2 Å². The van der Waals surface area contributed by atoms with Gasteiger partial charge in [0.15, 0.2) is 0 Å². The standard InChI is InChI=1S/Cl3HSi4/c1-7(2,3)6(4)5/h6H. The highest BCUT2D eigenvalue weighted by atomic mass is 35.8. The Morgan fingerprint density at radius 1 is 1.14 bits per heavy atom. The fourth-order valence-corrected chi connectivity index (χ4v) is 0. The van der Waals surface area contributed by atoms with Crippen LogP contribution in [0.4, 0.5) is 0 Å². The molecule has 0 amide bonds. The van der Waals surface area contributed by atoms with Gasteiger partial charge in [0.2, 0.25) is 0 Å². The SMILES string of the molecule is [Si][SiH]([Si])[Si](Cl)(Cl)Cl. The maximum Gasteiger partial charge on any atom is 0.314 e. The predicted molar refractivity (Wildman–Crippen MR) is 42.0 cm³/mol. The van der Waals surface area contributed by atoms with Gasteiger partial charge in [0, 0.05) is 19.5 Å². The third kappa shape index (κ3) is 4.25. The molecule has 0 aromatic carbocycles. The lowest BCUT2D eigenvalue weighted by molar-refractivity contribution is 3.60. The number of rotatable bonds is 1. The zero-order valence-electron chi connectivity index (χ0n) is 3.21. The van der Waals surface area contributed by atoms with Gasteiger partial charge in [-0.1, -0.05) is 0 Å². The van der Waals surface area contributed by atoms with Crippen LogP contribution in [0.1, 0.15) is 0 Å². The zero-order chi connectivity index (χ0) is 6.08. The van der Waals surface area contributed by atoms with Crippen molar-refractivity contribution >= 4 is 65.6 Å². The molecule has 0 atom stereocenters. The van der Waals surface area contributed by atoms with E-state index in [1.807, 2.05) is 0 Å². The normalized spacial score (nSPS) is 12.9. The van der Waals surface area contributed by atoms with Crippen molar-refractivity contribution in [3.63, 3.8) is 0 Å². The summed E-state index contributed by atoms with van der Waals surface area (Å²) in [4.78, 5) is 0. The van der Waals surface area contributed by atoms with Gasteiger partial charge in [0.1, 0.15) is 0 Å². The van der Waals surface area contributed by atoms with E-state index < -0.39 is 12.9 Å². The van der Waals surface area contributed by atoms with Gasteiger partial charge < -0.3 is 0 Å². The first kappa shape index (κ1) is 8.74. The quantitative estimate of drug-likeness (QED) is 0.439. The molecule has 0 aliphatic heterocycles. The van der Waals surface area contributed by atoms with Gasteiger partial charge >= 0.3 is 5.52 Å². The summed E-state index contributed by atoms with van der Waals surface area (Å²) in [5.41, 5.74) is -2.35. The average Bonchev–Trinajstić information content (AvgIpc) is 1.31. The highest BCUT2D eigenvalue weighted by Crippen LogP contribution is 2.19. The second-order valence-corrected chi connectivity index (χ2v) is 26.3. The molecule has 0 spiro atoms. The summed E-state index contributed by atoms with van der Waals surface area (Å²) in [5, 5.41) is 0. The molecule has 6 radical (unpaired) electrons. The highest BCUT2D eigenvalue weighted by Gasteiger charge is 2.29. The fourth-order valence-electron chi connectivity index (χ4n) is 0. The van der Waals surface area contributed by atoms with Gasteiger partial charge in [-0.2, -0.15) is 0 Å². The van der Waals surface area contributed by atoms with E-state index in [9.17, 15) is 0 Å². The van der Waals surface area contributed by atoms with Crippen molar-refractivity contribution in [2.24, 2.45) is 0 Å². The maximum atomic E-state index is 5.50. The topological polar surface area (TPSA) is 0 Å². The molecule has 0 aromatic rings. The van der Waals surface area contributed by atoms with Gasteiger partial charge in [0.25, 0.3) is 0 Å². The van der Waals surface area contributed by atoms with Crippen molar-refractivity contribution < 1.29 is 0 Å². The molecule has 0 rings (SSSR count). The van der Waals surface area contributed by atoms with Crippen LogP contribution in [0.2, 0.25) is 0 Å². The first-order valence-corrected chi connectivity index (χ1v) is 12.9. The number of halogens is 3. The molecule has 0 aliphatic rings. The molecule has 0 fully saturated rings. The molecule has 38 valence electrons. The molecular weight excluding hydrogens is 219 g/mol. The van der Waals surface area contributed by atoms with Crippen LogP contribution in [0, 0.1) is 0 Å². The van der Waals surface area contributed by atoms with Crippen molar-refractivity contribution in [1.29, 1.82) is 0 Å². The van der Waals surface area contributed by atoms with Gasteiger partial charge in [0.05, 0.1) is 7.35 Å². The van der Waals surface area contributed by atoms with E-state index in [4.69, 9.17) is 33.2 Å². The van der Waals surface area contributed by atoms with Crippen molar-refractivity contribution in [3.8, 4) is 0 Å². The van der Waals surface area contributed by atoms with Gasteiger partial charge in [-0.05, 0) is 0 Å². The van der Waals surface area contributed by atoms with Crippen LogP contribution >= 0.6 is 33.2 Å². The monoisotopic (exact) mass is 218 g/mol. The molecule has 0 nitrogen and oxygen atoms in total. The van der Waals surface area contributed by atoms with Gasteiger partial charge in [-0.3, -0.25) is 0 Å². The van der Waals surface area contributed by atoms with Crippen LogP contribution in [0.5, 0.6) is 0 Å². The molecule has 7 heteroatoms. The molecule has 0 aromatic heterocycles. The van der Waals surface area contributed by atoms with Crippen LogP contribution in [0.15, 0.2) is 0 Å². The Morgan fingerprint density at radius 3 is 1.29 bits per heavy atom. The zero-order valence-corrected chi connectivity index (χ0v) is 9.63.